The molecule has 0 spiro atoms. The lowest BCUT2D eigenvalue weighted by Crippen LogP contribution is -2.46. The lowest BCUT2D eigenvalue weighted by atomic mass is 10.0. The predicted octanol–water partition coefficient (Wildman–Crippen LogP) is 3.31. The van der Waals surface area contributed by atoms with Crippen molar-refractivity contribution in [1.82, 2.24) is 4.72 Å². The highest BCUT2D eigenvalue weighted by atomic mass is 32.2. The standard InChI is InChI=1S/C17H22N2O3S2/c1-11(2)16(19-24(21,22)15-6-5-9-23-15)17(20)18-14-10-12(3)7-8-13(14)4/h5-11,16,19H,1-4H3,(H,18,20)/t16-/m0/s1. The fourth-order valence-electron chi connectivity index (χ4n) is 2.21. The van der Waals surface area contributed by atoms with Crippen LogP contribution >= 0.6 is 11.3 Å². The first-order valence-electron chi connectivity index (χ1n) is 7.64. The van der Waals surface area contributed by atoms with E-state index in [0.717, 1.165) is 22.5 Å². The molecule has 1 atom stereocenters. The predicted molar refractivity (Wildman–Crippen MR) is 97.8 cm³/mol. The van der Waals surface area contributed by atoms with Gasteiger partial charge in [-0.05, 0) is 48.4 Å². The van der Waals surface area contributed by atoms with E-state index < -0.39 is 16.1 Å². The molecular weight excluding hydrogens is 344 g/mol. The first-order chi connectivity index (χ1) is 11.2. The monoisotopic (exact) mass is 366 g/mol. The van der Waals surface area contributed by atoms with Crippen molar-refractivity contribution in [3.05, 3.63) is 46.8 Å². The summed E-state index contributed by atoms with van der Waals surface area (Å²) < 4.78 is 27.5. The van der Waals surface area contributed by atoms with Crippen LogP contribution in [0, 0.1) is 19.8 Å². The average molecular weight is 367 g/mol. The molecule has 2 rings (SSSR count). The Morgan fingerprint density at radius 1 is 1.17 bits per heavy atom. The summed E-state index contributed by atoms with van der Waals surface area (Å²) in [6, 6.07) is 8.10. The van der Waals surface area contributed by atoms with Crippen LogP contribution in [0.25, 0.3) is 0 Å². The second kappa shape index (κ2) is 7.46. The molecule has 1 heterocycles. The number of thiophene rings is 1. The zero-order valence-electron chi connectivity index (χ0n) is 14.2. The van der Waals surface area contributed by atoms with Crippen LogP contribution in [0.1, 0.15) is 25.0 Å². The summed E-state index contributed by atoms with van der Waals surface area (Å²) in [7, 11) is -3.71. The van der Waals surface area contributed by atoms with Crippen molar-refractivity contribution in [2.75, 3.05) is 5.32 Å². The third kappa shape index (κ3) is 4.43. The van der Waals surface area contributed by atoms with E-state index in [1.165, 1.54) is 6.07 Å². The molecule has 0 aliphatic carbocycles. The number of hydrogen-bond acceptors (Lipinski definition) is 4. The normalized spacial score (nSPS) is 13.0. The minimum absolute atomic E-state index is 0.190. The maximum atomic E-state index is 12.6. The maximum absolute atomic E-state index is 12.6. The molecule has 1 amide bonds. The number of carbonyl (C=O) groups excluding carboxylic acids is 1. The van der Waals surface area contributed by atoms with E-state index in [1.807, 2.05) is 45.9 Å². The Kier molecular flexibility index (Phi) is 5.79. The smallest absolute Gasteiger partial charge is 0.250 e. The van der Waals surface area contributed by atoms with Gasteiger partial charge in [-0.3, -0.25) is 4.79 Å². The molecule has 2 aromatic rings. The fraction of sp³-hybridized carbons (Fsp3) is 0.353. The van der Waals surface area contributed by atoms with Gasteiger partial charge in [-0.2, -0.15) is 4.72 Å². The van der Waals surface area contributed by atoms with Gasteiger partial charge in [0.05, 0.1) is 0 Å². The minimum Gasteiger partial charge on any atom is -0.324 e. The van der Waals surface area contributed by atoms with Crippen LogP contribution in [-0.4, -0.2) is 20.4 Å². The van der Waals surface area contributed by atoms with Crippen molar-refractivity contribution >= 4 is 33.0 Å². The second-order valence-corrected chi connectivity index (χ2v) is 8.97. The molecule has 1 aromatic carbocycles. The van der Waals surface area contributed by atoms with Gasteiger partial charge in [0.2, 0.25) is 5.91 Å². The fourth-order valence-corrected chi connectivity index (χ4v) is 4.57. The number of nitrogens with one attached hydrogen (secondary N) is 2. The highest BCUT2D eigenvalue weighted by Gasteiger charge is 2.29. The average Bonchev–Trinajstić information content (AvgIpc) is 3.03. The number of amides is 1. The minimum atomic E-state index is -3.71. The molecule has 7 heteroatoms. The van der Waals surface area contributed by atoms with Gasteiger partial charge in [0, 0.05) is 5.69 Å². The van der Waals surface area contributed by atoms with Crippen LogP contribution in [0.4, 0.5) is 5.69 Å². The van der Waals surface area contributed by atoms with E-state index in [9.17, 15) is 13.2 Å². The van der Waals surface area contributed by atoms with E-state index in [0.29, 0.717) is 5.69 Å². The zero-order chi connectivity index (χ0) is 17.9. The van der Waals surface area contributed by atoms with Crippen molar-refractivity contribution < 1.29 is 13.2 Å². The third-order valence-corrected chi connectivity index (χ3v) is 6.48. The van der Waals surface area contributed by atoms with Crippen LogP contribution in [0.3, 0.4) is 0 Å². The summed E-state index contributed by atoms with van der Waals surface area (Å²) in [5.41, 5.74) is 2.65. The highest BCUT2D eigenvalue weighted by Crippen LogP contribution is 2.20. The van der Waals surface area contributed by atoms with Crippen molar-refractivity contribution in [1.29, 1.82) is 0 Å². The first kappa shape index (κ1) is 18.6. The van der Waals surface area contributed by atoms with Gasteiger partial charge >= 0.3 is 0 Å². The lowest BCUT2D eigenvalue weighted by Gasteiger charge is -2.22. The number of anilines is 1. The molecular formula is C17H22N2O3S2. The van der Waals surface area contributed by atoms with E-state index in [4.69, 9.17) is 0 Å². The number of hydrogen-bond donors (Lipinski definition) is 2. The zero-order valence-corrected chi connectivity index (χ0v) is 15.8. The SMILES string of the molecule is Cc1ccc(C)c(NC(=O)[C@@H](NS(=O)(=O)c2cccs2)C(C)C)c1. The van der Waals surface area contributed by atoms with Crippen LogP contribution < -0.4 is 10.0 Å². The Morgan fingerprint density at radius 2 is 1.88 bits per heavy atom. The molecule has 0 aliphatic rings. The molecule has 0 radical (unpaired) electrons. The number of aryl methyl sites for hydroxylation is 2. The summed E-state index contributed by atoms with van der Waals surface area (Å²) in [4.78, 5) is 12.6. The summed E-state index contributed by atoms with van der Waals surface area (Å²) >= 11 is 1.12. The molecule has 2 N–H and O–H groups in total. The van der Waals surface area contributed by atoms with Gasteiger partial charge in [-0.25, -0.2) is 8.42 Å². The quantitative estimate of drug-likeness (QED) is 0.823. The van der Waals surface area contributed by atoms with Crippen LogP contribution in [0.2, 0.25) is 0 Å². The molecule has 0 saturated heterocycles. The van der Waals surface area contributed by atoms with Gasteiger partial charge in [0.1, 0.15) is 10.3 Å². The van der Waals surface area contributed by atoms with Crippen molar-refractivity contribution in [2.24, 2.45) is 5.92 Å². The van der Waals surface area contributed by atoms with Gasteiger partial charge in [-0.15, -0.1) is 11.3 Å². The Morgan fingerprint density at radius 3 is 2.46 bits per heavy atom. The molecule has 24 heavy (non-hydrogen) atoms. The Balaban J connectivity index is 2.21. The largest absolute Gasteiger partial charge is 0.324 e. The highest BCUT2D eigenvalue weighted by molar-refractivity contribution is 7.91. The van der Waals surface area contributed by atoms with Gasteiger partial charge in [0.15, 0.2) is 0 Å². The third-order valence-electron chi connectivity index (χ3n) is 3.64. The molecule has 5 nitrogen and oxygen atoms in total. The molecule has 0 saturated carbocycles. The van der Waals surface area contributed by atoms with Crippen LogP contribution in [-0.2, 0) is 14.8 Å². The summed E-state index contributed by atoms with van der Waals surface area (Å²) in [6.07, 6.45) is 0. The number of benzene rings is 1. The molecule has 130 valence electrons. The van der Waals surface area contributed by atoms with Gasteiger partial charge in [-0.1, -0.05) is 32.0 Å². The van der Waals surface area contributed by atoms with E-state index >= 15 is 0 Å². The molecule has 1 aromatic heterocycles. The first-order valence-corrected chi connectivity index (χ1v) is 10.0. The molecule has 0 unspecified atom stereocenters. The Labute approximate surface area is 147 Å². The molecule has 0 bridgehead atoms. The lowest BCUT2D eigenvalue weighted by molar-refractivity contribution is -0.118. The van der Waals surface area contributed by atoms with Crippen molar-refractivity contribution in [3.8, 4) is 0 Å². The number of sulfonamides is 1. The molecule has 0 aliphatic heterocycles. The van der Waals surface area contributed by atoms with Crippen molar-refractivity contribution in [2.45, 2.75) is 37.9 Å². The van der Waals surface area contributed by atoms with E-state index in [2.05, 4.69) is 10.0 Å². The summed E-state index contributed by atoms with van der Waals surface area (Å²) in [5, 5.41) is 4.53. The topological polar surface area (TPSA) is 75.3 Å². The second-order valence-electron chi connectivity index (χ2n) is 6.08. The van der Waals surface area contributed by atoms with Crippen molar-refractivity contribution in [3.63, 3.8) is 0 Å². The number of carbonyl (C=O) groups is 1. The van der Waals surface area contributed by atoms with Gasteiger partial charge in [0.25, 0.3) is 10.0 Å². The van der Waals surface area contributed by atoms with E-state index in [1.54, 1.807) is 11.4 Å². The Bertz CT molecular complexity index is 812. The van der Waals surface area contributed by atoms with Gasteiger partial charge < -0.3 is 5.32 Å². The number of rotatable bonds is 6. The van der Waals surface area contributed by atoms with Crippen LogP contribution in [0.15, 0.2) is 39.9 Å². The summed E-state index contributed by atoms with van der Waals surface area (Å²) in [5.74, 6) is -0.552. The van der Waals surface area contributed by atoms with Crippen LogP contribution in [0.5, 0.6) is 0 Å². The molecule has 0 fully saturated rings. The van der Waals surface area contributed by atoms with E-state index in [-0.39, 0.29) is 16.0 Å². The summed E-state index contributed by atoms with van der Waals surface area (Å²) in [6.45, 7) is 7.46. The Hall–Kier alpha value is -1.70. The maximum Gasteiger partial charge on any atom is 0.250 e.